The quantitative estimate of drug-likeness (QED) is 0.224. The van der Waals surface area contributed by atoms with Gasteiger partial charge in [-0.1, -0.05) is 45.4 Å². The SMILES string of the molecule is COC(=O)C[C@@H](C)CCc1ccc(OCc2cc(F)c(-c3cc(OC)ccc3F)c([C@H]3CCCC3(C)C)c2)cc1. The van der Waals surface area contributed by atoms with Gasteiger partial charge in [-0.3, -0.25) is 4.79 Å². The first-order valence-corrected chi connectivity index (χ1v) is 14.1. The molecule has 4 rings (SSSR count). The van der Waals surface area contributed by atoms with Crippen molar-refractivity contribution in [2.45, 2.75) is 71.8 Å². The van der Waals surface area contributed by atoms with E-state index in [4.69, 9.17) is 14.2 Å². The van der Waals surface area contributed by atoms with E-state index in [0.29, 0.717) is 29.0 Å². The number of carbonyl (C=O) groups excluding carboxylic acids is 1. The maximum Gasteiger partial charge on any atom is 0.305 e. The molecular weight excluding hydrogens is 510 g/mol. The number of halogens is 2. The second kappa shape index (κ2) is 12.8. The van der Waals surface area contributed by atoms with Crippen LogP contribution in [0.3, 0.4) is 0 Å². The molecule has 3 aromatic rings. The van der Waals surface area contributed by atoms with E-state index >= 15 is 8.78 Å². The minimum absolute atomic E-state index is 0.0276. The van der Waals surface area contributed by atoms with E-state index in [2.05, 4.69) is 13.8 Å². The lowest BCUT2D eigenvalue weighted by Gasteiger charge is -2.30. The second-order valence-electron chi connectivity index (χ2n) is 11.7. The van der Waals surface area contributed by atoms with Crippen molar-refractivity contribution in [2.24, 2.45) is 11.3 Å². The molecule has 0 N–H and O–H groups in total. The number of rotatable bonds is 11. The van der Waals surface area contributed by atoms with Gasteiger partial charge in [0.1, 0.15) is 29.7 Å². The van der Waals surface area contributed by atoms with Crippen molar-refractivity contribution >= 4 is 5.97 Å². The first-order valence-electron chi connectivity index (χ1n) is 14.1. The zero-order chi connectivity index (χ0) is 28.9. The summed E-state index contributed by atoms with van der Waals surface area (Å²) in [5.74, 6) is 0.407. The molecule has 0 saturated heterocycles. The number of hydrogen-bond acceptors (Lipinski definition) is 4. The highest BCUT2D eigenvalue weighted by Gasteiger charge is 2.38. The predicted octanol–water partition coefficient (Wildman–Crippen LogP) is 8.64. The van der Waals surface area contributed by atoms with Crippen molar-refractivity contribution in [3.63, 3.8) is 0 Å². The number of aryl methyl sites for hydroxylation is 1. The summed E-state index contributed by atoms with van der Waals surface area (Å²) in [5.41, 5.74) is 3.20. The van der Waals surface area contributed by atoms with Crippen LogP contribution in [0.15, 0.2) is 54.6 Å². The van der Waals surface area contributed by atoms with Gasteiger partial charge in [0, 0.05) is 17.5 Å². The molecule has 0 unspecified atom stereocenters. The Morgan fingerprint density at radius 1 is 0.975 bits per heavy atom. The first kappa shape index (κ1) is 29.6. The van der Waals surface area contributed by atoms with E-state index in [1.807, 2.05) is 37.3 Å². The van der Waals surface area contributed by atoms with Gasteiger partial charge < -0.3 is 14.2 Å². The Labute approximate surface area is 236 Å². The Morgan fingerprint density at radius 3 is 2.35 bits per heavy atom. The number of hydrogen-bond donors (Lipinski definition) is 0. The summed E-state index contributed by atoms with van der Waals surface area (Å²) in [4.78, 5) is 11.5. The van der Waals surface area contributed by atoms with Crippen molar-refractivity contribution < 1.29 is 27.8 Å². The van der Waals surface area contributed by atoms with E-state index in [9.17, 15) is 4.79 Å². The maximum atomic E-state index is 15.9. The van der Waals surface area contributed by atoms with Gasteiger partial charge in [-0.2, -0.15) is 0 Å². The molecule has 40 heavy (non-hydrogen) atoms. The Morgan fingerprint density at radius 2 is 1.70 bits per heavy atom. The van der Waals surface area contributed by atoms with Gasteiger partial charge in [-0.25, -0.2) is 8.78 Å². The Bertz CT molecular complexity index is 1320. The van der Waals surface area contributed by atoms with Gasteiger partial charge in [0.05, 0.1) is 14.2 Å². The molecule has 0 radical (unpaired) electrons. The second-order valence-corrected chi connectivity index (χ2v) is 11.7. The number of benzene rings is 3. The fourth-order valence-electron chi connectivity index (χ4n) is 5.86. The van der Waals surface area contributed by atoms with Gasteiger partial charge in [0.2, 0.25) is 0 Å². The normalized spacial score (nSPS) is 16.9. The molecular formula is C34H40F2O4. The highest BCUT2D eigenvalue weighted by molar-refractivity contribution is 5.72. The molecule has 1 aliphatic rings. The standard InChI is InChI=1S/C34H40F2O4/c1-22(17-32(37)39-5)8-9-23-10-12-25(13-11-23)40-21-24-18-27(29-7-6-16-34(29,2)3)33(31(36)19-24)28-20-26(38-4)14-15-30(28)35/h10-15,18-20,22,29H,6-9,16-17,21H2,1-5H3/t22-,29+/m0/s1. The van der Waals surface area contributed by atoms with Crippen molar-refractivity contribution in [3.8, 4) is 22.6 Å². The third-order valence-corrected chi connectivity index (χ3v) is 8.25. The Kier molecular flexibility index (Phi) is 9.49. The van der Waals surface area contributed by atoms with Crippen LogP contribution in [0.4, 0.5) is 8.78 Å². The van der Waals surface area contributed by atoms with E-state index in [-0.39, 0.29) is 35.4 Å². The van der Waals surface area contributed by atoms with Crippen molar-refractivity contribution in [1.29, 1.82) is 0 Å². The first-order chi connectivity index (χ1) is 19.1. The third-order valence-electron chi connectivity index (χ3n) is 8.25. The molecule has 1 fully saturated rings. The minimum Gasteiger partial charge on any atom is -0.497 e. The molecule has 1 aliphatic carbocycles. The lowest BCUT2D eigenvalue weighted by molar-refractivity contribution is -0.141. The van der Waals surface area contributed by atoms with E-state index in [0.717, 1.165) is 43.2 Å². The lowest BCUT2D eigenvalue weighted by Crippen LogP contribution is -2.17. The van der Waals surface area contributed by atoms with Crippen LogP contribution in [-0.4, -0.2) is 20.2 Å². The summed E-state index contributed by atoms with van der Waals surface area (Å²) in [7, 11) is 2.93. The van der Waals surface area contributed by atoms with Crippen molar-refractivity contribution in [1.82, 2.24) is 0 Å². The average Bonchev–Trinajstić information content (AvgIpc) is 3.30. The van der Waals surface area contributed by atoms with Gasteiger partial charge in [0.25, 0.3) is 0 Å². The topological polar surface area (TPSA) is 44.8 Å². The van der Waals surface area contributed by atoms with E-state index in [1.54, 1.807) is 12.1 Å². The van der Waals surface area contributed by atoms with Crippen LogP contribution in [0.25, 0.3) is 11.1 Å². The summed E-state index contributed by atoms with van der Waals surface area (Å²) in [6.07, 6.45) is 5.16. The van der Waals surface area contributed by atoms with Crippen LogP contribution in [0.1, 0.15) is 75.5 Å². The van der Waals surface area contributed by atoms with E-state index < -0.39 is 11.6 Å². The minimum atomic E-state index is -0.472. The number of ether oxygens (including phenoxy) is 3. The number of esters is 1. The summed E-state index contributed by atoms with van der Waals surface area (Å²) in [6.45, 7) is 6.65. The zero-order valence-electron chi connectivity index (χ0n) is 24.2. The fourth-order valence-corrected chi connectivity index (χ4v) is 5.86. The van der Waals surface area contributed by atoms with Crippen LogP contribution >= 0.6 is 0 Å². The molecule has 214 valence electrons. The molecule has 2 atom stereocenters. The van der Waals surface area contributed by atoms with Crippen LogP contribution in [0.5, 0.6) is 11.5 Å². The van der Waals surface area contributed by atoms with Gasteiger partial charge >= 0.3 is 5.97 Å². The van der Waals surface area contributed by atoms with Crippen molar-refractivity contribution in [3.05, 3.63) is 82.9 Å². The molecule has 0 aromatic heterocycles. The van der Waals surface area contributed by atoms with Crippen molar-refractivity contribution in [2.75, 3.05) is 14.2 Å². The molecule has 0 heterocycles. The summed E-state index contributed by atoms with van der Waals surface area (Å²) >= 11 is 0. The van der Waals surface area contributed by atoms with Crippen LogP contribution in [0, 0.1) is 23.0 Å². The third kappa shape index (κ3) is 7.01. The number of carbonyl (C=O) groups is 1. The fraction of sp³-hybridized carbons (Fsp3) is 0.441. The molecule has 0 amide bonds. The monoisotopic (exact) mass is 550 g/mol. The van der Waals surface area contributed by atoms with Gasteiger partial charge in [0.15, 0.2) is 0 Å². The lowest BCUT2D eigenvalue weighted by atomic mass is 9.75. The van der Waals surface area contributed by atoms with Gasteiger partial charge in [-0.05, 0) is 96.0 Å². The summed E-state index contributed by atoms with van der Waals surface area (Å²) < 4.78 is 47.0. The molecule has 4 nitrogen and oxygen atoms in total. The van der Waals surface area contributed by atoms with Gasteiger partial charge in [-0.15, -0.1) is 0 Å². The van der Waals surface area contributed by atoms with E-state index in [1.165, 1.54) is 26.4 Å². The molecule has 3 aromatic carbocycles. The van der Waals surface area contributed by atoms with Crippen LogP contribution in [-0.2, 0) is 22.6 Å². The zero-order valence-corrected chi connectivity index (χ0v) is 24.2. The highest BCUT2D eigenvalue weighted by Crippen LogP contribution is 2.52. The molecule has 6 heteroatoms. The highest BCUT2D eigenvalue weighted by atomic mass is 19.1. The van der Waals surface area contributed by atoms with Crippen LogP contribution in [0.2, 0.25) is 0 Å². The number of methoxy groups -OCH3 is 2. The summed E-state index contributed by atoms with van der Waals surface area (Å²) in [5, 5.41) is 0. The molecule has 0 spiro atoms. The smallest absolute Gasteiger partial charge is 0.305 e. The Hall–Kier alpha value is -3.41. The Balaban J connectivity index is 1.54. The molecule has 1 saturated carbocycles. The predicted molar refractivity (Wildman–Crippen MR) is 154 cm³/mol. The average molecular weight is 551 g/mol. The van der Waals surface area contributed by atoms with Crippen LogP contribution < -0.4 is 9.47 Å². The molecule has 0 bridgehead atoms. The summed E-state index contributed by atoms with van der Waals surface area (Å²) in [6, 6.07) is 15.8. The largest absolute Gasteiger partial charge is 0.497 e. The molecule has 0 aliphatic heterocycles. The maximum absolute atomic E-state index is 15.9.